The van der Waals surface area contributed by atoms with Crippen molar-refractivity contribution in [2.24, 2.45) is 0 Å². The quantitative estimate of drug-likeness (QED) is 0.605. The number of ether oxygens (including phenoxy) is 1. The molecule has 1 aliphatic rings. The van der Waals surface area contributed by atoms with Crippen LogP contribution in [0.3, 0.4) is 0 Å². The van der Waals surface area contributed by atoms with Gasteiger partial charge >= 0.3 is 0 Å². The van der Waals surface area contributed by atoms with Crippen molar-refractivity contribution in [3.8, 4) is 5.75 Å². The Balaban J connectivity index is 1.50. The lowest BCUT2D eigenvalue weighted by Crippen LogP contribution is -2.49. The van der Waals surface area contributed by atoms with Crippen molar-refractivity contribution >= 4 is 33.8 Å². The third-order valence-corrected chi connectivity index (χ3v) is 5.89. The molecule has 0 aliphatic carbocycles. The molecule has 0 spiro atoms. The molecule has 29 heavy (non-hydrogen) atoms. The number of carbonyl (C=O) groups excluding carboxylic acids is 2. The van der Waals surface area contributed by atoms with Gasteiger partial charge in [0.05, 0.1) is 13.0 Å². The van der Waals surface area contributed by atoms with Crippen LogP contribution in [0.25, 0.3) is 0 Å². The van der Waals surface area contributed by atoms with E-state index in [0.29, 0.717) is 26.1 Å². The van der Waals surface area contributed by atoms with Gasteiger partial charge in [0.1, 0.15) is 12.0 Å². The van der Waals surface area contributed by atoms with Gasteiger partial charge in [-0.25, -0.2) is 0 Å². The fourth-order valence-corrected chi connectivity index (χ4v) is 4.14. The summed E-state index contributed by atoms with van der Waals surface area (Å²) in [6.45, 7) is 9.34. The zero-order valence-corrected chi connectivity index (χ0v) is 18.8. The lowest BCUT2D eigenvalue weighted by Gasteiger charge is -2.37. The van der Waals surface area contributed by atoms with E-state index >= 15 is 0 Å². The van der Waals surface area contributed by atoms with Gasteiger partial charge in [-0.15, -0.1) is 0 Å². The molecule has 3 rings (SSSR count). The van der Waals surface area contributed by atoms with Crippen molar-refractivity contribution in [2.75, 3.05) is 37.7 Å². The van der Waals surface area contributed by atoms with E-state index in [1.165, 1.54) is 0 Å². The van der Waals surface area contributed by atoms with Gasteiger partial charge < -0.3 is 14.5 Å². The third kappa shape index (κ3) is 5.18. The highest BCUT2D eigenvalue weighted by Crippen LogP contribution is 2.25. The first kappa shape index (κ1) is 21.4. The minimum absolute atomic E-state index is 0.128. The third-order valence-electron chi connectivity index (χ3n) is 5.40. The van der Waals surface area contributed by atoms with E-state index in [-0.39, 0.29) is 5.91 Å². The van der Waals surface area contributed by atoms with E-state index in [0.717, 1.165) is 57.5 Å². The second kappa shape index (κ2) is 9.44. The lowest BCUT2D eigenvalue weighted by atomic mass is 10.0. The molecular weight excluding hydrogens is 432 g/mol. The summed E-state index contributed by atoms with van der Waals surface area (Å²) in [7, 11) is 0. The van der Waals surface area contributed by atoms with Gasteiger partial charge in [0, 0.05) is 41.9 Å². The Morgan fingerprint density at radius 3 is 2.41 bits per heavy atom. The number of amides is 1. The van der Waals surface area contributed by atoms with Crippen LogP contribution < -0.4 is 9.64 Å². The summed E-state index contributed by atoms with van der Waals surface area (Å²) in [5.41, 5.74) is 5.01. The first-order chi connectivity index (χ1) is 13.9. The maximum atomic E-state index is 12.6. The molecule has 5 nitrogen and oxygen atoms in total. The maximum absolute atomic E-state index is 12.6. The molecule has 1 aliphatic heterocycles. The van der Waals surface area contributed by atoms with E-state index in [1.54, 1.807) is 0 Å². The normalized spacial score (nSPS) is 14.1. The number of anilines is 1. The number of aldehydes is 1. The standard InChI is InChI=1S/C23H27BrN2O3/c1-16-14-21(17(2)12-19(16)15-27)25-7-9-26(10-8-25)23(28)6-11-29-22-5-4-20(24)13-18(22)3/h4-5,12-15H,6-11H2,1-3H3. The summed E-state index contributed by atoms with van der Waals surface area (Å²) < 4.78 is 6.80. The summed E-state index contributed by atoms with van der Waals surface area (Å²) in [4.78, 5) is 27.9. The van der Waals surface area contributed by atoms with Crippen LogP contribution in [0, 0.1) is 20.8 Å². The number of piperazine rings is 1. The van der Waals surface area contributed by atoms with E-state index in [9.17, 15) is 9.59 Å². The Kier molecular flexibility index (Phi) is 6.96. The molecule has 1 saturated heterocycles. The molecule has 0 radical (unpaired) electrons. The Hall–Kier alpha value is -2.34. The summed E-state index contributed by atoms with van der Waals surface area (Å²) in [5, 5.41) is 0. The monoisotopic (exact) mass is 458 g/mol. The maximum Gasteiger partial charge on any atom is 0.226 e. The van der Waals surface area contributed by atoms with Gasteiger partial charge in [0.25, 0.3) is 0 Å². The lowest BCUT2D eigenvalue weighted by molar-refractivity contribution is -0.132. The average molecular weight is 459 g/mol. The fourth-order valence-electron chi connectivity index (χ4n) is 3.67. The van der Waals surface area contributed by atoms with Gasteiger partial charge in [-0.1, -0.05) is 15.9 Å². The molecule has 2 aromatic rings. The van der Waals surface area contributed by atoms with Crippen LogP contribution in [-0.4, -0.2) is 49.9 Å². The second-order valence-corrected chi connectivity index (χ2v) is 8.40. The van der Waals surface area contributed by atoms with E-state index in [4.69, 9.17) is 4.74 Å². The molecule has 1 amide bonds. The first-order valence-corrected chi connectivity index (χ1v) is 10.7. The molecule has 0 saturated carbocycles. The summed E-state index contributed by atoms with van der Waals surface area (Å²) in [6.07, 6.45) is 1.28. The Morgan fingerprint density at radius 1 is 1.03 bits per heavy atom. The highest BCUT2D eigenvalue weighted by molar-refractivity contribution is 9.10. The number of carbonyl (C=O) groups is 2. The Labute approximate surface area is 180 Å². The minimum Gasteiger partial charge on any atom is -0.493 e. The molecular formula is C23H27BrN2O3. The Bertz CT molecular complexity index is 905. The highest BCUT2D eigenvalue weighted by atomic mass is 79.9. The van der Waals surface area contributed by atoms with Crippen LogP contribution in [-0.2, 0) is 4.79 Å². The number of aryl methyl sites for hydroxylation is 3. The van der Waals surface area contributed by atoms with Gasteiger partial charge in [-0.2, -0.15) is 0 Å². The van der Waals surface area contributed by atoms with Gasteiger partial charge in [0.2, 0.25) is 5.91 Å². The van der Waals surface area contributed by atoms with Crippen LogP contribution in [0.15, 0.2) is 34.8 Å². The summed E-state index contributed by atoms with van der Waals surface area (Å²) in [5.74, 6) is 0.944. The van der Waals surface area contributed by atoms with Crippen molar-refractivity contribution in [3.05, 3.63) is 57.1 Å². The van der Waals surface area contributed by atoms with Crippen LogP contribution in [0.1, 0.15) is 33.5 Å². The molecule has 6 heteroatoms. The molecule has 0 bridgehead atoms. The number of hydrogen-bond donors (Lipinski definition) is 0. The number of rotatable bonds is 6. The molecule has 0 unspecified atom stereocenters. The van der Waals surface area contributed by atoms with Gasteiger partial charge in [0.15, 0.2) is 0 Å². The number of nitrogens with zero attached hydrogens (tertiary/aromatic N) is 2. The fraction of sp³-hybridized carbons (Fsp3) is 0.391. The van der Waals surface area contributed by atoms with Crippen molar-refractivity contribution in [3.63, 3.8) is 0 Å². The van der Waals surface area contributed by atoms with Gasteiger partial charge in [-0.05, 0) is 67.8 Å². The van der Waals surface area contributed by atoms with Crippen LogP contribution >= 0.6 is 15.9 Å². The zero-order chi connectivity index (χ0) is 21.0. The van der Waals surface area contributed by atoms with Crippen molar-refractivity contribution in [2.45, 2.75) is 27.2 Å². The predicted molar refractivity (Wildman–Crippen MR) is 119 cm³/mol. The van der Waals surface area contributed by atoms with Gasteiger partial charge in [-0.3, -0.25) is 9.59 Å². The molecule has 2 aromatic carbocycles. The summed E-state index contributed by atoms with van der Waals surface area (Å²) in [6, 6.07) is 9.88. The topological polar surface area (TPSA) is 49.9 Å². The number of halogens is 1. The zero-order valence-electron chi connectivity index (χ0n) is 17.2. The van der Waals surface area contributed by atoms with E-state index in [2.05, 4.69) is 26.9 Å². The highest BCUT2D eigenvalue weighted by Gasteiger charge is 2.22. The summed E-state index contributed by atoms with van der Waals surface area (Å²) >= 11 is 3.44. The van der Waals surface area contributed by atoms with Crippen molar-refractivity contribution in [1.82, 2.24) is 4.90 Å². The van der Waals surface area contributed by atoms with Crippen LogP contribution in [0.2, 0.25) is 0 Å². The molecule has 154 valence electrons. The van der Waals surface area contributed by atoms with Crippen molar-refractivity contribution in [1.29, 1.82) is 0 Å². The molecule has 1 fully saturated rings. The Morgan fingerprint density at radius 2 is 1.76 bits per heavy atom. The molecule has 0 atom stereocenters. The minimum atomic E-state index is 0.128. The number of benzene rings is 2. The smallest absolute Gasteiger partial charge is 0.226 e. The SMILES string of the molecule is Cc1cc(N2CCN(C(=O)CCOc3ccc(Br)cc3C)CC2)c(C)cc1C=O. The second-order valence-electron chi connectivity index (χ2n) is 7.49. The molecule has 0 N–H and O–H groups in total. The van der Waals surface area contributed by atoms with Crippen LogP contribution in [0.5, 0.6) is 5.75 Å². The average Bonchev–Trinajstić information content (AvgIpc) is 2.71. The first-order valence-electron chi connectivity index (χ1n) is 9.87. The molecule has 1 heterocycles. The van der Waals surface area contributed by atoms with E-state index in [1.807, 2.05) is 49.9 Å². The molecule has 0 aromatic heterocycles. The van der Waals surface area contributed by atoms with Crippen LogP contribution in [0.4, 0.5) is 5.69 Å². The van der Waals surface area contributed by atoms with Crippen molar-refractivity contribution < 1.29 is 14.3 Å². The predicted octanol–water partition coefficient (Wildman–Crippen LogP) is 4.30. The largest absolute Gasteiger partial charge is 0.493 e. The van der Waals surface area contributed by atoms with E-state index < -0.39 is 0 Å². The number of hydrogen-bond acceptors (Lipinski definition) is 4.